The normalized spacial score (nSPS) is 18.4. The Bertz CT molecular complexity index is 524. The molecule has 1 aromatic carbocycles. The molecule has 2 heterocycles. The summed E-state index contributed by atoms with van der Waals surface area (Å²) >= 11 is 3.40. The van der Waals surface area contributed by atoms with Gasteiger partial charge in [-0.1, -0.05) is 15.9 Å². The standard InChI is InChI=1S/C13H13BrN2O2/c14-10-1-3-11(4-2-10)18-7-9-6-17-8-13-12(9)5-15-16-13/h1-5,9H,6-8H2,(H,15,16). The molecule has 1 aliphatic rings. The van der Waals surface area contributed by atoms with Crippen LogP contribution in [0.4, 0.5) is 0 Å². The first-order valence-electron chi connectivity index (χ1n) is 5.81. The molecule has 0 amide bonds. The van der Waals surface area contributed by atoms with Gasteiger partial charge in [0, 0.05) is 16.0 Å². The Balaban J connectivity index is 1.66. The van der Waals surface area contributed by atoms with Gasteiger partial charge in [0.15, 0.2) is 0 Å². The molecule has 0 saturated carbocycles. The van der Waals surface area contributed by atoms with Crippen LogP contribution in [0.1, 0.15) is 17.2 Å². The lowest BCUT2D eigenvalue weighted by Gasteiger charge is -2.22. The predicted octanol–water partition coefficient (Wildman–Crippen LogP) is 2.87. The van der Waals surface area contributed by atoms with Crippen molar-refractivity contribution in [1.82, 2.24) is 10.2 Å². The highest BCUT2D eigenvalue weighted by molar-refractivity contribution is 9.10. The van der Waals surface area contributed by atoms with E-state index in [4.69, 9.17) is 9.47 Å². The number of nitrogens with one attached hydrogen (secondary N) is 1. The number of fused-ring (bicyclic) bond motifs is 1. The summed E-state index contributed by atoms with van der Waals surface area (Å²) in [6.45, 7) is 1.90. The third kappa shape index (κ3) is 2.42. The largest absolute Gasteiger partial charge is 0.493 e. The predicted molar refractivity (Wildman–Crippen MR) is 70.6 cm³/mol. The van der Waals surface area contributed by atoms with E-state index in [0.29, 0.717) is 19.8 Å². The summed E-state index contributed by atoms with van der Waals surface area (Å²) in [7, 11) is 0. The van der Waals surface area contributed by atoms with E-state index in [2.05, 4.69) is 26.1 Å². The summed E-state index contributed by atoms with van der Waals surface area (Å²) in [5, 5.41) is 7.01. The van der Waals surface area contributed by atoms with Crippen molar-refractivity contribution in [2.75, 3.05) is 13.2 Å². The average molecular weight is 309 g/mol. The van der Waals surface area contributed by atoms with Gasteiger partial charge in [-0.25, -0.2) is 0 Å². The summed E-state index contributed by atoms with van der Waals surface area (Å²) in [5.41, 5.74) is 2.27. The first-order chi connectivity index (χ1) is 8.83. The minimum Gasteiger partial charge on any atom is -0.493 e. The number of halogens is 1. The Morgan fingerprint density at radius 1 is 1.39 bits per heavy atom. The summed E-state index contributed by atoms with van der Waals surface area (Å²) in [6.07, 6.45) is 1.87. The van der Waals surface area contributed by atoms with Gasteiger partial charge in [0.2, 0.25) is 0 Å². The van der Waals surface area contributed by atoms with Crippen LogP contribution < -0.4 is 4.74 Å². The molecule has 2 aromatic rings. The molecule has 0 bridgehead atoms. The molecule has 18 heavy (non-hydrogen) atoms. The second-order valence-electron chi connectivity index (χ2n) is 4.28. The highest BCUT2D eigenvalue weighted by atomic mass is 79.9. The molecular weight excluding hydrogens is 296 g/mol. The number of aromatic amines is 1. The van der Waals surface area contributed by atoms with Crippen molar-refractivity contribution in [3.63, 3.8) is 0 Å². The first-order valence-corrected chi connectivity index (χ1v) is 6.60. The first kappa shape index (κ1) is 11.7. The minimum absolute atomic E-state index is 0.246. The topological polar surface area (TPSA) is 47.1 Å². The van der Waals surface area contributed by atoms with E-state index >= 15 is 0 Å². The maximum absolute atomic E-state index is 5.78. The Hall–Kier alpha value is -1.33. The molecule has 0 aliphatic carbocycles. The van der Waals surface area contributed by atoms with E-state index in [0.717, 1.165) is 15.9 Å². The highest BCUT2D eigenvalue weighted by Gasteiger charge is 2.23. The van der Waals surface area contributed by atoms with Crippen LogP contribution in [0.3, 0.4) is 0 Å². The number of nitrogens with zero attached hydrogens (tertiary/aromatic N) is 1. The number of benzene rings is 1. The van der Waals surface area contributed by atoms with Crippen LogP contribution in [-0.2, 0) is 11.3 Å². The number of H-pyrrole nitrogens is 1. The molecule has 1 aromatic heterocycles. The fourth-order valence-electron chi connectivity index (χ4n) is 2.05. The lowest BCUT2D eigenvalue weighted by molar-refractivity contribution is 0.0740. The monoisotopic (exact) mass is 308 g/mol. The molecule has 4 nitrogen and oxygen atoms in total. The fraction of sp³-hybridized carbons (Fsp3) is 0.308. The van der Waals surface area contributed by atoms with Crippen LogP contribution in [0, 0.1) is 0 Å². The highest BCUT2D eigenvalue weighted by Crippen LogP contribution is 2.26. The van der Waals surface area contributed by atoms with Crippen molar-refractivity contribution in [1.29, 1.82) is 0 Å². The summed E-state index contributed by atoms with van der Waals surface area (Å²) < 4.78 is 12.3. The third-order valence-corrected chi connectivity index (χ3v) is 3.55. The second kappa shape index (κ2) is 5.12. The molecule has 1 aliphatic heterocycles. The molecule has 3 rings (SSSR count). The van der Waals surface area contributed by atoms with Gasteiger partial charge in [-0.3, -0.25) is 5.10 Å². The van der Waals surface area contributed by atoms with E-state index in [1.54, 1.807) is 0 Å². The Kier molecular flexibility index (Phi) is 3.34. The molecule has 1 atom stereocenters. The fourth-order valence-corrected chi connectivity index (χ4v) is 2.31. The van der Waals surface area contributed by atoms with E-state index < -0.39 is 0 Å². The smallest absolute Gasteiger partial charge is 0.119 e. The Labute approximate surface area is 113 Å². The van der Waals surface area contributed by atoms with Gasteiger partial charge in [-0.2, -0.15) is 5.10 Å². The van der Waals surface area contributed by atoms with Crippen LogP contribution in [0.15, 0.2) is 34.9 Å². The van der Waals surface area contributed by atoms with Gasteiger partial charge in [0.05, 0.1) is 31.7 Å². The van der Waals surface area contributed by atoms with Gasteiger partial charge in [0.1, 0.15) is 5.75 Å². The van der Waals surface area contributed by atoms with Crippen molar-refractivity contribution < 1.29 is 9.47 Å². The lowest BCUT2D eigenvalue weighted by Crippen LogP contribution is -2.21. The van der Waals surface area contributed by atoms with Crippen LogP contribution in [0.2, 0.25) is 0 Å². The molecule has 1 N–H and O–H groups in total. The zero-order valence-corrected chi connectivity index (χ0v) is 11.3. The van der Waals surface area contributed by atoms with Gasteiger partial charge in [-0.15, -0.1) is 0 Å². The Morgan fingerprint density at radius 3 is 3.06 bits per heavy atom. The maximum atomic E-state index is 5.78. The van der Waals surface area contributed by atoms with E-state index in [1.807, 2.05) is 30.5 Å². The second-order valence-corrected chi connectivity index (χ2v) is 5.20. The van der Waals surface area contributed by atoms with Gasteiger partial charge >= 0.3 is 0 Å². The number of hydrogen-bond donors (Lipinski definition) is 1. The van der Waals surface area contributed by atoms with Crippen LogP contribution in [-0.4, -0.2) is 23.4 Å². The summed E-state index contributed by atoms with van der Waals surface area (Å²) in [5.74, 6) is 1.12. The van der Waals surface area contributed by atoms with Gasteiger partial charge < -0.3 is 9.47 Å². The molecule has 0 spiro atoms. The van der Waals surface area contributed by atoms with Crippen LogP contribution >= 0.6 is 15.9 Å². The van der Waals surface area contributed by atoms with Crippen molar-refractivity contribution in [2.24, 2.45) is 0 Å². The maximum Gasteiger partial charge on any atom is 0.119 e. The molecule has 94 valence electrons. The molecule has 1 unspecified atom stereocenters. The van der Waals surface area contributed by atoms with Crippen molar-refractivity contribution in [2.45, 2.75) is 12.5 Å². The van der Waals surface area contributed by atoms with Crippen molar-refractivity contribution >= 4 is 15.9 Å². The minimum atomic E-state index is 0.246. The van der Waals surface area contributed by atoms with Gasteiger partial charge in [-0.05, 0) is 24.3 Å². The van der Waals surface area contributed by atoms with Crippen molar-refractivity contribution in [3.05, 3.63) is 46.2 Å². The van der Waals surface area contributed by atoms with Crippen LogP contribution in [0.5, 0.6) is 5.75 Å². The number of ether oxygens (including phenoxy) is 2. The summed E-state index contributed by atoms with van der Waals surface area (Å²) in [6, 6.07) is 7.83. The molecular formula is C13H13BrN2O2. The third-order valence-electron chi connectivity index (χ3n) is 3.02. The lowest BCUT2D eigenvalue weighted by atomic mass is 10.00. The van der Waals surface area contributed by atoms with E-state index in [-0.39, 0.29) is 5.92 Å². The Morgan fingerprint density at radius 2 is 2.22 bits per heavy atom. The van der Waals surface area contributed by atoms with Crippen LogP contribution in [0.25, 0.3) is 0 Å². The van der Waals surface area contributed by atoms with Crippen molar-refractivity contribution in [3.8, 4) is 5.75 Å². The van der Waals surface area contributed by atoms with E-state index in [1.165, 1.54) is 5.56 Å². The number of aromatic nitrogens is 2. The number of rotatable bonds is 3. The zero-order valence-electron chi connectivity index (χ0n) is 9.73. The number of hydrogen-bond acceptors (Lipinski definition) is 3. The zero-order chi connectivity index (χ0) is 12.4. The summed E-state index contributed by atoms with van der Waals surface area (Å²) in [4.78, 5) is 0. The van der Waals surface area contributed by atoms with Gasteiger partial charge in [0.25, 0.3) is 0 Å². The molecule has 0 saturated heterocycles. The van der Waals surface area contributed by atoms with E-state index in [9.17, 15) is 0 Å². The SMILES string of the molecule is Brc1ccc(OCC2COCc3[nH]ncc32)cc1. The quantitative estimate of drug-likeness (QED) is 0.948. The average Bonchev–Trinajstić information content (AvgIpc) is 2.87. The molecule has 0 radical (unpaired) electrons. The molecule has 0 fully saturated rings. The molecule has 5 heteroatoms.